The summed E-state index contributed by atoms with van der Waals surface area (Å²) in [5.41, 5.74) is 4.21. The number of rotatable bonds is 7. The van der Waals surface area contributed by atoms with Crippen LogP contribution in [-0.4, -0.2) is 72.1 Å². The van der Waals surface area contributed by atoms with E-state index in [-0.39, 0.29) is 54.1 Å². The zero-order valence-electron chi connectivity index (χ0n) is 28.0. The number of sulfonamides is 1. The van der Waals surface area contributed by atoms with Crippen LogP contribution in [0.25, 0.3) is 11.3 Å². The smallest absolute Gasteiger partial charge is 0.264 e. The number of nitrogens with zero attached hydrogens (tertiary/aromatic N) is 5. The molecule has 1 N–H and O–H groups in total. The number of benzene rings is 2. The quantitative estimate of drug-likeness (QED) is 0.261. The van der Waals surface area contributed by atoms with E-state index >= 15 is 0 Å². The van der Waals surface area contributed by atoms with E-state index in [1.807, 2.05) is 64.1 Å². The molecule has 0 saturated carbocycles. The summed E-state index contributed by atoms with van der Waals surface area (Å²) in [6.45, 7) is 11.3. The first kappa shape index (κ1) is 33.4. The van der Waals surface area contributed by atoms with Gasteiger partial charge in [-0.2, -0.15) is 4.98 Å². The molecule has 4 bridgehead atoms. The molecule has 0 spiro atoms. The van der Waals surface area contributed by atoms with E-state index < -0.39 is 16.1 Å². The second kappa shape index (κ2) is 13.9. The van der Waals surface area contributed by atoms with Gasteiger partial charge in [0.15, 0.2) is 0 Å². The van der Waals surface area contributed by atoms with Crippen molar-refractivity contribution in [1.82, 2.24) is 19.9 Å². The van der Waals surface area contributed by atoms with Crippen molar-refractivity contribution in [2.75, 3.05) is 29.4 Å². The summed E-state index contributed by atoms with van der Waals surface area (Å²) in [7, 11) is -4.18. The van der Waals surface area contributed by atoms with E-state index in [4.69, 9.17) is 14.5 Å². The Morgan fingerprint density at radius 3 is 2.48 bits per heavy atom. The van der Waals surface area contributed by atoms with Crippen LogP contribution in [0.3, 0.4) is 0 Å². The predicted molar refractivity (Wildman–Crippen MR) is 185 cm³/mol. The van der Waals surface area contributed by atoms with Crippen LogP contribution >= 0.6 is 0 Å². The van der Waals surface area contributed by atoms with Crippen LogP contribution < -0.4 is 14.4 Å². The lowest BCUT2D eigenvalue weighted by atomic mass is 10.00. The fourth-order valence-electron chi connectivity index (χ4n) is 6.28. The molecule has 4 heterocycles. The van der Waals surface area contributed by atoms with Gasteiger partial charge in [-0.1, -0.05) is 30.3 Å². The number of nitrogens with one attached hydrogen (secondary N) is 1. The zero-order chi connectivity index (χ0) is 34.0. The van der Waals surface area contributed by atoms with Crippen LogP contribution in [0.5, 0.6) is 5.88 Å². The maximum absolute atomic E-state index is 14.4. The minimum absolute atomic E-state index is 0.0242. The first-order valence-corrected chi connectivity index (χ1v) is 17.8. The SMILES string of the molecule is Cc1cccc(C)c1-c1cc2nc(n1)NS(=O)(=O)c1cccc(c1)C(=O)N(Cc1cccc(N3CCC[C@H]3C)n1)[C@H](COC(C)C)CO2. The Morgan fingerprint density at radius 2 is 1.75 bits per heavy atom. The van der Waals surface area contributed by atoms with E-state index in [1.165, 1.54) is 12.1 Å². The molecule has 1 saturated heterocycles. The Hall–Kier alpha value is -4.55. The molecule has 0 aliphatic carbocycles. The lowest BCUT2D eigenvalue weighted by molar-refractivity contribution is 0.00632. The summed E-state index contributed by atoms with van der Waals surface area (Å²) in [6.07, 6.45) is 2.10. The molecular formula is C36H42N6O5S. The Morgan fingerprint density at radius 1 is 1.00 bits per heavy atom. The second-order valence-corrected chi connectivity index (χ2v) is 14.4. The van der Waals surface area contributed by atoms with Gasteiger partial charge in [0.25, 0.3) is 15.9 Å². The van der Waals surface area contributed by atoms with Crippen molar-refractivity contribution in [1.29, 1.82) is 0 Å². The molecule has 252 valence electrons. The standard InChI is InChI=1S/C36H42N6O5S/c1-23(2)46-21-29-22-47-33-19-31(34-24(3)10-6-11-25(34)4)38-36(39-33)40-48(44,45)30-15-7-13-27(18-30)35(43)42(29)20-28-14-8-16-32(37-28)41-17-9-12-26(41)5/h6-8,10-11,13-16,18-19,23,26,29H,9,12,17,20-22H2,1-5H3,(H,38,39,40)/t26-,29-/m1/s1. The average molecular weight is 671 g/mol. The third-order valence-electron chi connectivity index (χ3n) is 8.78. The average Bonchev–Trinajstić information content (AvgIpc) is 3.49. The normalized spacial score (nSPS) is 19.2. The molecule has 2 aliphatic heterocycles. The van der Waals surface area contributed by atoms with E-state index in [0.717, 1.165) is 41.9 Å². The molecule has 12 heteroatoms. The van der Waals surface area contributed by atoms with Gasteiger partial charge < -0.3 is 19.3 Å². The number of hydrogen-bond donors (Lipinski definition) is 1. The molecule has 1 fully saturated rings. The van der Waals surface area contributed by atoms with Gasteiger partial charge in [0, 0.05) is 29.8 Å². The minimum atomic E-state index is -4.18. The second-order valence-electron chi connectivity index (χ2n) is 12.8. The van der Waals surface area contributed by atoms with Gasteiger partial charge in [0.1, 0.15) is 12.4 Å². The lowest BCUT2D eigenvalue weighted by Gasteiger charge is -2.32. The molecule has 48 heavy (non-hydrogen) atoms. The number of amides is 1. The van der Waals surface area contributed by atoms with Gasteiger partial charge in [0.05, 0.1) is 41.6 Å². The van der Waals surface area contributed by atoms with Gasteiger partial charge in [0.2, 0.25) is 11.8 Å². The number of aromatic nitrogens is 3. The highest BCUT2D eigenvalue weighted by Gasteiger charge is 2.30. The Balaban J connectivity index is 1.45. The third kappa shape index (κ3) is 7.29. The van der Waals surface area contributed by atoms with Gasteiger partial charge in [-0.05, 0) is 88.9 Å². The van der Waals surface area contributed by atoms with Crippen LogP contribution in [0.4, 0.5) is 11.8 Å². The number of aryl methyl sites for hydroxylation is 2. The van der Waals surface area contributed by atoms with Gasteiger partial charge in [-0.3, -0.25) is 4.79 Å². The van der Waals surface area contributed by atoms with Crippen molar-refractivity contribution in [3.63, 3.8) is 0 Å². The molecule has 2 aromatic heterocycles. The first-order chi connectivity index (χ1) is 23.0. The molecule has 0 unspecified atom stereocenters. The van der Waals surface area contributed by atoms with Crippen molar-refractivity contribution in [2.24, 2.45) is 0 Å². The molecule has 2 aliphatic rings. The lowest BCUT2D eigenvalue weighted by Crippen LogP contribution is -2.46. The van der Waals surface area contributed by atoms with Gasteiger partial charge in [-0.15, -0.1) is 0 Å². The van der Waals surface area contributed by atoms with Gasteiger partial charge in [-0.25, -0.2) is 23.1 Å². The Labute approximate surface area is 282 Å². The highest BCUT2D eigenvalue weighted by atomic mass is 32.2. The fraction of sp³-hybridized carbons (Fsp3) is 0.389. The maximum Gasteiger partial charge on any atom is 0.264 e. The number of anilines is 2. The monoisotopic (exact) mass is 670 g/mol. The summed E-state index contributed by atoms with van der Waals surface area (Å²) in [6, 6.07) is 19.2. The van der Waals surface area contributed by atoms with E-state index in [0.29, 0.717) is 17.4 Å². The fourth-order valence-corrected chi connectivity index (χ4v) is 7.26. The molecule has 1 amide bonds. The molecule has 2 aromatic carbocycles. The number of carbonyl (C=O) groups excluding carboxylic acids is 1. The number of ether oxygens (including phenoxy) is 2. The zero-order valence-corrected chi connectivity index (χ0v) is 28.8. The van der Waals surface area contributed by atoms with E-state index in [2.05, 4.69) is 26.5 Å². The summed E-state index contributed by atoms with van der Waals surface area (Å²) in [5.74, 6) is 0.526. The van der Waals surface area contributed by atoms with Crippen LogP contribution in [0.15, 0.2) is 71.6 Å². The van der Waals surface area contributed by atoms with E-state index in [1.54, 1.807) is 23.1 Å². The molecule has 11 nitrogen and oxygen atoms in total. The highest BCUT2D eigenvalue weighted by Crippen LogP contribution is 2.30. The van der Waals surface area contributed by atoms with E-state index in [9.17, 15) is 13.2 Å². The topological polar surface area (TPSA) is 127 Å². The van der Waals surface area contributed by atoms with Crippen molar-refractivity contribution in [3.05, 3.63) is 89.1 Å². The third-order valence-corrected chi connectivity index (χ3v) is 10.1. The van der Waals surface area contributed by atoms with Crippen molar-refractivity contribution in [2.45, 2.75) is 77.1 Å². The van der Waals surface area contributed by atoms with Crippen molar-refractivity contribution < 1.29 is 22.7 Å². The molecular weight excluding hydrogens is 629 g/mol. The summed E-state index contributed by atoms with van der Waals surface area (Å²) in [4.78, 5) is 32.3. The number of hydrogen-bond acceptors (Lipinski definition) is 9. The molecule has 2 atom stereocenters. The van der Waals surface area contributed by atoms with Crippen LogP contribution in [-0.2, 0) is 21.3 Å². The predicted octanol–water partition coefficient (Wildman–Crippen LogP) is 5.77. The minimum Gasteiger partial charge on any atom is -0.475 e. The largest absolute Gasteiger partial charge is 0.475 e. The van der Waals surface area contributed by atoms with Crippen molar-refractivity contribution >= 4 is 27.7 Å². The number of fused-ring (bicyclic) bond motifs is 4. The molecule has 4 aromatic rings. The van der Waals surface area contributed by atoms with Gasteiger partial charge >= 0.3 is 0 Å². The van der Waals surface area contributed by atoms with Crippen LogP contribution in [0.2, 0.25) is 0 Å². The first-order valence-electron chi connectivity index (χ1n) is 16.3. The summed E-state index contributed by atoms with van der Waals surface area (Å²) in [5, 5.41) is 0. The van der Waals surface area contributed by atoms with Crippen LogP contribution in [0.1, 0.15) is 60.8 Å². The molecule has 6 rings (SSSR count). The van der Waals surface area contributed by atoms with Crippen molar-refractivity contribution in [3.8, 4) is 17.1 Å². The summed E-state index contributed by atoms with van der Waals surface area (Å²) < 4.78 is 42.3. The Kier molecular flexibility index (Phi) is 9.66. The maximum atomic E-state index is 14.4. The molecule has 0 radical (unpaired) electrons. The number of pyridine rings is 1. The number of carbonyl (C=O) groups is 1. The summed E-state index contributed by atoms with van der Waals surface area (Å²) >= 11 is 0. The highest BCUT2D eigenvalue weighted by molar-refractivity contribution is 7.92. The Bertz CT molecular complexity index is 1900. The van der Waals surface area contributed by atoms with Crippen LogP contribution in [0, 0.1) is 13.8 Å².